The van der Waals surface area contributed by atoms with Crippen LogP contribution in [0, 0.1) is 29.1 Å². The topological polar surface area (TPSA) is 52.6 Å². The van der Waals surface area contributed by atoms with Crippen molar-refractivity contribution in [2.24, 2.45) is 0 Å². The van der Waals surface area contributed by atoms with Crippen LogP contribution < -0.4 is 0 Å². The van der Waals surface area contributed by atoms with Gasteiger partial charge in [-0.15, -0.1) is 0 Å². The van der Waals surface area contributed by atoms with E-state index < -0.39 is 53.2 Å². The van der Waals surface area contributed by atoms with Gasteiger partial charge in [-0.25, -0.2) is 22.0 Å². The van der Waals surface area contributed by atoms with Crippen LogP contribution in [0.25, 0.3) is 0 Å². The molecule has 0 spiro atoms. The zero-order valence-corrected chi connectivity index (χ0v) is 14.9. The number of carbonyl (C=O) groups is 2. The van der Waals surface area contributed by atoms with Gasteiger partial charge in [0.15, 0.2) is 23.3 Å². The lowest BCUT2D eigenvalue weighted by atomic mass is 10.2. The maximum absolute atomic E-state index is 13.4. The molecular weight excluding hydrogens is 375 g/mol. The van der Waals surface area contributed by atoms with Gasteiger partial charge in [0.05, 0.1) is 12.2 Å². The summed E-state index contributed by atoms with van der Waals surface area (Å²) in [4.78, 5) is 22.9. The van der Waals surface area contributed by atoms with Crippen molar-refractivity contribution in [1.29, 1.82) is 0 Å². The number of ether oxygens (including phenoxy) is 2. The third-order valence-electron chi connectivity index (χ3n) is 3.70. The molecule has 1 rings (SSSR count). The molecule has 0 aliphatic rings. The fourth-order valence-corrected chi connectivity index (χ4v) is 2.17. The summed E-state index contributed by atoms with van der Waals surface area (Å²) >= 11 is 0. The number of carbonyl (C=O) groups excluding carboxylic acids is 2. The van der Waals surface area contributed by atoms with Gasteiger partial charge in [0.25, 0.3) is 0 Å². The molecule has 152 valence electrons. The monoisotopic (exact) mass is 396 g/mol. The summed E-state index contributed by atoms with van der Waals surface area (Å²) in [6.45, 7) is 1.24. The molecule has 1 aromatic carbocycles. The van der Waals surface area contributed by atoms with Crippen LogP contribution in [0.15, 0.2) is 0 Å². The molecule has 4 nitrogen and oxygen atoms in total. The third kappa shape index (κ3) is 7.15. The molecule has 0 N–H and O–H groups in total. The molecule has 0 saturated carbocycles. The van der Waals surface area contributed by atoms with E-state index in [0.717, 1.165) is 25.7 Å². The average Bonchev–Trinajstić information content (AvgIpc) is 2.64. The number of halogens is 5. The molecule has 0 atom stereocenters. The molecule has 1 aromatic rings. The molecule has 0 unspecified atom stereocenters. The van der Waals surface area contributed by atoms with Crippen molar-refractivity contribution in [2.45, 2.75) is 58.5 Å². The molecule has 0 amide bonds. The van der Waals surface area contributed by atoms with E-state index in [1.165, 1.54) is 0 Å². The summed E-state index contributed by atoms with van der Waals surface area (Å²) in [5.74, 6) is -12.0. The first-order valence-corrected chi connectivity index (χ1v) is 8.61. The minimum absolute atomic E-state index is 0.0502. The zero-order valence-electron chi connectivity index (χ0n) is 14.9. The molecule has 0 aliphatic heterocycles. The summed E-state index contributed by atoms with van der Waals surface area (Å²) in [7, 11) is 0. The Labute approximate surface area is 153 Å². The number of hydrogen-bond acceptors (Lipinski definition) is 4. The van der Waals surface area contributed by atoms with Crippen molar-refractivity contribution in [2.75, 3.05) is 6.61 Å². The van der Waals surface area contributed by atoms with Crippen LogP contribution in [0.1, 0.15) is 57.4 Å². The fraction of sp³-hybridized carbons (Fsp3) is 0.556. The molecule has 0 radical (unpaired) electrons. The van der Waals surface area contributed by atoms with Crippen LogP contribution in [-0.2, 0) is 25.7 Å². The van der Waals surface area contributed by atoms with E-state index in [1.54, 1.807) is 0 Å². The highest BCUT2D eigenvalue weighted by Crippen LogP contribution is 2.23. The maximum Gasteiger partial charge on any atom is 0.306 e. The summed E-state index contributed by atoms with van der Waals surface area (Å²) < 4.78 is 75.3. The number of hydrogen-bond donors (Lipinski definition) is 0. The molecule has 0 aromatic heterocycles. The van der Waals surface area contributed by atoms with E-state index in [1.807, 2.05) is 0 Å². The first-order valence-electron chi connectivity index (χ1n) is 8.61. The molecule has 0 fully saturated rings. The van der Waals surface area contributed by atoms with Gasteiger partial charge >= 0.3 is 11.9 Å². The van der Waals surface area contributed by atoms with E-state index in [4.69, 9.17) is 4.74 Å². The van der Waals surface area contributed by atoms with Gasteiger partial charge in [0, 0.05) is 12.8 Å². The van der Waals surface area contributed by atoms with Gasteiger partial charge in [-0.1, -0.05) is 26.2 Å². The lowest BCUT2D eigenvalue weighted by molar-refractivity contribution is -0.146. The zero-order chi connectivity index (χ0) is 20.4. The first-order chi connectivity index (χ1) is 12.8. The van der Waals surface area contributed by atoms with Crippen LogP contribution in [-0.4, -0.2) is 18.5 Å². The highest BCUT2D eigenvalue weighted by Gasteiger charge is 2.26. The maximum atomic E-state index is 13.4. The number of benzene rings is 1. The van der Waals surface area contributed by atoms with Crippen molar-refractivity contribution in [3.05, 3.63) is 34.6 Å². The van der Waals surface area contributed by atoms with Crippen LogP contribution in [0.5, 0.6) is 0 Å². The Bertz CT molecular complexity index is 635. The predicted molar refractivity (Wildman–Crippen MR) is 85.0 cm³/mol. The van der Waals surface area contributed by atoms with Crippen molar-refractivity contribution >= 4 is 11.9 Å². The predicted octanol–water partition coefficient (Wildman–Crippen LogP) is 4.72. The smallest absolute Gasteiger partial charge is 0.306 e. The van der Waals surface area contributed by atoms with Gasteiger partial charge < -0.3 is 9.47 Å². The first kappa shape index (κ1) is 22.9. The molecule has 0 heterocycles. The standard InChI is InChI=1S/C18H21F5O4/c1-2-3-4-5-9-26-12(24)7-6-8-13(25)27-10-11-14(19)16(21)18(23)17(22)15(11)20/h2-10H2,1H3. The highest BCUT2D eigenvalue weighted by molar-refractivity contribution is 5.72. The molecule has 0 saturated heterocycles. The summed E-state index contributed by atoms with van der Waals surface area (Å²) in [6, 6.07) is 0. The second-order valence-corrected chi connectivity index (χ2v) is 5.84. The van der Waals surface area contributed by atoms with Crippen LogP contribution in [0.3, 0.4) is 0 Å². The second kappa shape index (κ2) is 11.5. The van der Waals surface area contributed by atoms with Gasteiger partial charge in [-0.2, -0.15) is 0 Å². The molecule has 9 heteroatoms. The van der Waals surface area contributed by atoms with E-state index in [9.17, 15) is 31.5 Å². The van der Waals surface area contributed by atoms with E-state index in [-0.39, 0.29) is 19.3 Å². The van der Waals surface area contributed by atoms with Gasteiger partial charge in [-0.3, -0.25) is 9.59 Å². The minimum Gasteiger partial charge on any atom is -0.466 e. The highest BCUT2D eigenvalue weighted by atomic mass is 19.2. The van der Waals surface area contributed by atoms with E-state index >= 15 is 0 Å². The average molecular weight is 396 g/mol. The Morgan fingerprint density at radius 2 is 1.22 bits per heavy atom. The van der Waals surface area contributed by atoms with E-state index in [0.29, 0.717) is 6.61 Å². The lowest BCUT2D eigenvalue weighted by Crippen LogP contribution is -2.12. The number of esters is 2. The van der Waals surface area contributed by atoms with Crippen LogP contribution in [0.4, 0.5) is 22.0 Å². The van der Waals surface area contributed by atoms with Gasteiger partial charge in [0.1, 0.15) is 6.61 Å². The Kier molecular flexibility index (Phi) is 9.74. The minimum atomic E-state index is -2.28. The van der Waals surface area contributed by atoms with Crippen LogP contribution >= 0.6 is 0 Å². The second-order valence-electron chi connectivity index (χ2n) is 5.84. The Morgan fingerprint density at radius 1 is 0.704 bits per heavy atom. The van der Waals surface area contributed by atoms with Crippen molar-refractivity contribution in [1.82, 2.24) is 0 Å². The Morgan fingerprint density at radius 3 is 1.78 bits per heavy atom. The van der Waals surface area contributed by atoms with Crippen molar-refractivity contribution < 1.29 is 41.0 Å². The van der Waals surface area contributed by atoms with Gasteiger partial charge in [0.2, 0.25) is 5.82 Å². The Hall–Kier alpha value is -2.19. The Balaban J connectivity index is 2.35. The molecular formula is C18H21F5O4. The summed E-state index contributed by atoms with van der Waals surface area (Å²) in [5.41, 5.74) is -1.23. The normalized spacial score (nSPS) is 10.7. The SMILES string of the molecule is CCCCCCOC(=O)CCCC(=O)OCc1c(F)c(F)c(F)c(F)c1F. The van der Waals surface area contributed by atoms with Crippen molar-refractivity contribution in [3.63, 3.8) is 0 Å². The van der Waals surface area contributed by atoms with Gasteiger partial charge in [-0.05, 0) is 12.8 Å². The summed E-state index contributed by atoms with van der Waals surface area (Å²) in [6.07, 6.45) is 3.57. The van der Waals surface area contributed by atoms with Crippen molar-refractivity contribution in [3.8, 4) is 0 Å². The molecule has 27 heavy (non-hydrogen) atoms. The molecule has 0 bridgehead atoms. The van der Waals surface area contributed by atoms with E-state index in [2.05, 4.69) is 11.7 Å². The number of rotatable bonds is 11. The third-order valence-corrected chi connectivity index (χ3v) is 3.70. The number of unbranched alkanes of at least 4 members (excludes halogenated alkanes) is 3. The fourth-order valence-electron chi connectivity index (χ4n) is 2.17. The quantitative estimate of drug-likeness (QED) is 0.179. The lowest BCUT2D eigenvalue weighted by Gasteiger charge is -2.09. The largest absolute Gasteiger partial charge is 0.466 e. The molecule has 0 aliphatic carbocycles. The van der Waals surface area contributed by atoms with Crippen LogP contribution in [0.2, 0.25) is 0 Å². The summed E-state index contributed by atoms with van der Waals surface area (Å²) in [5, 5.41) is 0.